The van der Waals surface area contributed by atoms with Crippen LogP contribution in [0.3, 0.4) is 0 Å². The van der Waals surface area contributed by atoms with Crippen molar-refractivity contribution in [3.05, 3.63) is 0 Å². The first kappa shape index (κ1) is 19.2. The number of imide groups is 1. The van der Waals surface area contributed by atoms with Crippen molar-refractivity contribution in [3.63, 3.8) is 0 Å². The van der Waals surface area contributed by atoms with Crippen molar-refractivity contribution in [3.8, 4) is 0 Å². The van der Waals surface area contributed by atoms with Crippen LogP contribution in [0, 0.1) is 0 Å². The summed E-state index contributed by atoms with van der Waals surface area (Å²) >= 11 is 0. The molecule has 1 unspecified atom stereocenters. The number of hydrogen-bond acceptors (Lipinski definition) is 6. The van der Waals surface area contributed by atoms with Crippen LogP contribution in [-0.4, -0.2) is 49.4 Å². The molecule has 0 aromatic carbocycles. The summed E-state index contributed by atoms with van der Waals surface area (Å²) in [5, 5.41) is 0. The SMILES string of the molecule is CCCCOC(=O)C(C)OC(=O)N(C)C(=O)OCCCC. The lowest BCUT2D eigenvalue weighted by Gasteiger charge is -2.18. The smallest absolute Gasteiger partial charge is 0.419 e. The number of unbranched alkanes of at least 4 members (excludes halogenated alkanes) is 2. The molecule has 0 aliphatic carbocycles. The Morgan fingerprint density at radius 2 is 1.48 bits per heavy atom. The van der Waals surface area contributed by atoms with Crippen molar-refractivity contribution in [2.24, 2.45) is 0 Å². The first-order valence-corrected chi connectivity index (χ1v) is 7.21. The summed E-state index contributed by atoms with van der Waals surface area (Å²) in [6.07, 6.45) is 0.414. The van der Waals surface area contributed by atoms with Gasteiger partial charge in [0.2, 0.25) is 0 Å². The summed E-state index contributed by atoms with van der Waals surface area (Å²) in [7, 11) is 1.23. The summed E-state index contributed by atoms with van der Waals surface area (Å²) in [5.74, 6) is -0.635. The van der Waals surface area contributed by atoms with Gasteiger partial charge in [-0.1, -0.05) is 26.7 Å². The van der Waals surface area contributed by atoms with Gasteiger partial charge in [-0.05, 0) is 19.8 Å². The van der Waals surface area contributed by atoms with Crippen LogP contribution >= 0.6 is 0 Å². The Hall–Kier alpha value is -1.79. The highest BCUT2D eigenvalue weighted by molar-refractivity contribution is 5.88. The number of esters is 1. The second-order valence-electron chi connectivity index (χ2n) is 4.57. The molecule has 21 heavy (non-hydrogen) atoms. The first-order chi connectivity index (χ1) is 9.93. The van der Waals surface area contributed by atoms with Crippen LogP contribution in [0.15, 0.2) is 0 Å². The van der Waals surface area contributed by atoms with Crippen molar-refractivity contribution >= 4 is 18.2 Å². The quantitative estimate of drug-likeness (QED) is 0.389. The summed E-state index contributed by atoms with van der Waals surface area (Å²) in [5.41, 5.74) is 0. The van der Waals surface area contributed by atoms with Crippen LogP contribution < -0.4 is 0 Å². The van der Waals surface area contributed by atoms with E-state index in [2.05, 4.69) is 0 Å². The molecule has 0 aliphatic rings. The van der Waals surface area contributed by atoms with E-state index in [1.165, 1.54) is 14.0 Å². The third-order valence-corrected chi connectivity index (χ3v) is 2.62. The van der Waals surface area contributed by atoms with Gasteiger partial charge in [-0.3, -0.25) is 0 Å². The lowest BCUT2D eigenvalue weighted by atomic mass is 10.3. The molecule has 0 spiro atoms. The maximum absolute atomic E-state index is 11.7. The zero-order chi connectivity index (χ0) is 16.3. The van der Waals surface area contributed by atoms with Crippen LogP contribution in [0.1, 0.15) is 46.5 Å². The van der Waals surface area contributed by atoms with Crippen LogP contribution in [0.25, 0.3) is 0 Å². The number of rotatable bonds is 8. The van der Waals surface area contributed by atoms with Crippen LogP contribution in [0.4, 0.5) is 9.59 Å². The van der Waals surface area contributed by atoms with Gasteiger partial charge in [0.1, 0.15) is 0 Å². The highest BCUT2D eigenvalue weighted by Gasteiger charge is 2.25. The number of carbonyl (C=O) groups is 3. The number of nitrogens with zero attached hydrogens (tertiary/aromatic N) is 1. The molecule has 7 heteroatoms. The molecule has 0 radical (unpaired) electrons. The molecule has 0 heterocycles. The second-order valence-corrected chi connectivity index (χ2v) is 4.57. The molecule has 0 aromatic rings. The van der Waals surface area contributed by atoms with Crippen molar-refractivity contribution in [1.82, 2.24) is 4.90 Å². The van der Waals surface area contributed by atoms with E-state index in [0.717, 1.165) is 25.7 Å². The zero-order valence-corrected chi connectivity index (χ0v) is 13.2. The molecule has 0 aromatic heterocycles. The molecule has 2 amide bonds. The summed E-state index contributed by atoms with van der Waals surface area (Å²) in [6, 6.07) is 0. The minimum atomic E-state index is -1.07. The molecule has 0 saturated heterocycles. The topological polar surface area (TPSA) is 82.1 Å². The molecule has 0 fully saturated rings. The predicted molar refractivity (Wildman–Crippen MR) is 75.8 cm³/mol. The number of hydrogen-bond donors (Lipinski definition) is 0. The fraction of sp³-hybridized carbons (Fsp3) is 0.786. The minimum Gasteiger partial charge on any atom is -0.463 e. The summed E-state index contributed by atoms with van der Waals surface area (Å²) in [4.78, 5) is 35.4. The van der Waals surface area contributed by atoms with E-state index < -0.39 is 24.3 Å². The lowest BCUT2D eigenvalue weighted by molar-refractivity contribution is -0.153. The van der Waals surface area contributed by atoms with Crippen LogP contribution in [-0.2, 0) is 19.0 Å². The third-order valence-electron chi connectivity index (χ3n) is 2.62. The van der Waals surface area contributed by atoms with Gasteiger partial charge in [0.15, 0.2) is 6.10 Å². The second kappa shape index (κ2) is 10.9. The maximum atomic E-state index is 11.7. The van der Waals surface area contributed by atoms with Gasteiger partial charge >= 0.3 is 18.2 Å². The predicted octanol–water partition coefficient (Wildman–Crippen LogP) is 2.72. The van der Waals surface area contributed by atoms with Gasteiger partial charge in [0.25, 0.3) is 0 Å². The van der Waals surface area contributed by atoms with E-state index in [0.29, 0.717) is 4.90 Å². The average molecular weight is 303 g/mol. The number of carbonyl (C=O) groups excluding carboxylic acids is 3. The summed E-state index contributed by atoms with van der Waals surface area (Å²) in [6.45, 7) is 5.84. The Balaban J connectivity index is 4.14. The Labute approximate surface area is 125 Å². The molecular weight excluding hydrogens is 278 g/mol. The Morgan fingerprint density at radius 3 is 2.00 bits per heavy atom. The zero-order valence-electron chi connectivity index (χ0n) is 13.2. The number of ether oxygens (including phenoxy) is 3. The van der Waals surface area contributed by atoms with Gasteiger partial charge in [-0.25, -0.2) is 19.3 Å². The van der Waals surface area contributed by atoms with Crippen molar-refractivity contribution in [1.29, 1.82) is 0 Å². The molecule has 7 nitrogen and oxygen atoms in total. The molecule has 0 bridgehead atoms. The Bertz CT molecular complexity index is 344. The maximum Gasteiger partial charge on any atom is 0.419 e. The Kier molecular flexibility index (Phi) is 10.0. The largest absolute Gasteiger partial charge is 0.463 e. The van der Waals surface area contributed by atoms with E-state index in [9.17, 15) is 14.4 Å². The molecular formula is C14H25NO6. The monoisotopic (exact) mass is 303 g/mol. The molecule has 1 atom stereocenters. The van der Waals surface area contributed by atoms with Gasteiger partial charge in [0.05, 0.1) is 13.2 Å². The molecule has 0 saturated carbocycles. The normalized spacial score (nSPS) is 11.4. The first-order valence-electron chi connectivity index (χ1n) is 7.21. The fourth-order valence-electron chi connectivity index (χ4n) is 1.19. The van der Waals surface area contributed by atoms with Crippen LogP contribution in [0.2, 0.25) is 0 Å². The highest BCUT2D eigenvalue weighted by atomic mass is 16.6. The molecule has 122 valence electrons. The van der Waals surface area contributed by atoms with Gasteiger partial charge in [-0.2, -0.15) is 0 Å². The minimum absolute atomic E-state index is 0.238. The van der Waals surface area contributed by atoms with Gasteiger partial charge in [-0.15, -0.1) is 0 Å². The van der Waals surface area contributed by atoms with E-state index in [-0.39, 0.29) is 13.2 Å². The average Bonchev–Trinajstić information content (AvgIpc) is 2.46. The summed E-state index contributed by atoms with van der Waals surface area (Å²) < 4.78 is 14.6. The van der Waals surface area contributed by atoms with Gasteiger partial charge < -0.3 is 14.2 Å². The van der Waals surface area contributed by atoms with Crippen LogP contribution in [0.5, 0.6) is 0 Å². The molecule has 0 aliphatic heterocycles. The van der Waals surface area contributed by atoms with E-state index in [1.54, 1.807) is 0 Å². The molecule has 0 N–H and O–H groups in total. The van der Waals surface area contributed by atoms with Gasteiger partial charge in [0, 0.05) is 7.05 Å². The van der Waals surface area contributed by atoms with Crippen molar-refractivity contribution in [2.75, 3.05) is 20.3 Å². The molecule has 0 rings (SSSR count). The lowest BCUT2D eigenvalue weighted by Crippen LogP contribution is -2.38. The van der Waals surface area contributed by atoms with E-state index in [4.69, 9.17) is 14.2 Å². The highest BCUT2D eigenvalue weighted by Crippen LogP contribution is 2.03. The standard InChI is InChI=1S/C14H25NO6/c1-5-7-9-19-12(16)11(3)21-14(18)15(4)13(17)20-10-8-6-2/h11H,5-10H2,1-4H3. The third kappa shape index (κ3) is 8.16. The number of amides is 2. The van der Waals surface area contributed by atoms with E-state index >= 15 is 0 Å². The van der Waals surface area contributed by atoms with Crippen molar-refractivity contribution < 1.29 is 28.6 Å². The Morgan fingerprint density at radius 1 is 0.952 bits per heavy atom. The fourth-order valence-corrected chi connectivity index (χ4v) is 1.19. The van der Waals surface area contributed by atoms with E-state index in [1.807, 2.05) is 13.8 Å². The van der Waals surface area contributed by atoms with Crippen molar-refractivity contribution in [2.45, 2.75) is 52.6 Å².